The monoisotopic (exact) mass is 451 g/mol. The van der Waals surface area contributed by atoms with Crippen LogP contribution < -0.4 is 10.2 Å². The predicted octanol–water partition coefficient (Wildman–Crippen LogP) is 5.27. The predicted molar refractivity (Wildman–Crippen MR) is 123 cm³/mol. The van der Waals surface area contributed by atoms with E-state index in [9.17, 15) is 13.2 Å². The second kappa shape index (κ2) is 8.19. The van der Waals surface area contributed by atoms with Gasteiger partial charge in [0.1, 0.15) is 0 Å². The Labute approximate surface area is 189 Å². The maximum atomic E-state index is 13.1. The van der Waals surface area contributed by atoms with Crippen molar-refractivity contribution < 1.29 is 13.2 Å². The van der Waals surface area contributed by atoms with Gasteiger partial charge in [-0.1, -0.05) is 24.3 Å². The van der Waals surface area contributed by atoms with E-state index in [1.165, 1.54) is 11.8 Å². The first-order valence-electron chi connectivity index (χ1n) is 10.9. The number of nitrogens with zero attached hydrogens (tertiary/aromatic N) is 4. The summed E-state index contributed by atoms with van der Waals surface area (Å²) in [5.41, 5.74) is 3.88. The van der Waals surface area contributed by atoms with E-state index in [1.54, 1.807) is 23.0 Å². The van der Waals surface area contributed by atoms with Crippen molar-refractivity contribution in [3.8, 4) is 22.3 Å². The molecule has 0 bridgehead atoms. The highest BCUT2D eigenvalue weighted by atomic mass is 19.4. The lowest BCUT2D eigenvalue weighted by atomic mass is 10.0. The molecule has 2 aromatic carbocycles. The summed E-state index contributed by atoms with van der Waals surface area (Å²) in [7, 11) is 0. The van der Waals surface area contributed by atoms with Crippen LogP contribution >= 0.6 is 0 Å². The smallest absolute Gasteiger partial charge is 0.364 e. The number of alkyl halides is 3. The number of nitrogens with one attached hydrogen (secondary N) is 1. The lowest BCUT2D eigenvalue weighted by Crippen LogP contribution is -2.55. The third-order valence-corrected chi connectivity index (χ3v) is 6.19. The van der Waals surface area contributed by atoms with Crippen molar-refractivity contribution in [2.75, 3.05) is 18.0 Å². The molecule has 33 heavy (non-hydrogen) atoms. The molecule has 0 aliphatic carbocycles. The fraction of sp³-hybridized carbons (Fsp3) is 0.280. The van der Waals surface area contributed by atoms with Crippen LogP contribution in [0.25, 0.3) is 27.9 Å². The number of anilines is 1. The molecule has 4 aromatic rings. The quantitative estimate of drug-likeness (QED) is 0.461. The largest absolute Gasteiger partial charge is 0.416 e. The second-order valence-electron chi connectivity index (χ2n) is 8.56. The van der Waals surface area contributed by atoms with Crippen LogP contribution in [-0.4, -0.2) is 39.8 Å². The van der Waals surface area contributed by atoms with Gasteiger partial charge in [0.05, 0.1) is 11.8 Å². The van der Waals surface area contributed by atoms with Crippen molar-refractivity contribution in [2.45, 2.75) is 32.1 Å². The minimum atomic E-state index is -4.40. The van der Waals surface area contributed by atoms with Gasteiger partial charge in [-0.05, 0) is 49.2 Å². The normalized spacial score (nSPS) is 19.2. The van der Waals surface area contributed by atoms with Crippen LogP contribution in [-0.2, 0) is 6.18 Å². The van der Waals surface area contributed by atoms with Crippen molar-refractivity contribution in [2.24, 2.45) is 0 Å². The summed E-state index contributed by atoms with van der Waals surface area (Å²) >= 11 is 0. The summed E-state index contributed by atoms with van der Waals surface area (Å²) in [5.74, 6) is 0. The number of aromatic nitrogens is 3. The molecule has 1 fully saturated rings. The number of rotatable bonds is 3. The molecular weight excluding hydrogens is 427 g/mol. The van der Waals surface area contributed by atoms with Crippen LogP contribution in [0.15, 0.2) is 67.1 Å². The van der Waals surface area contributed by atoms with E-state index in [4.69, 9.17) is 0 Å². The topological polar surface area (TPSA) is 45.5 Å². The van der Waals surface area contributed by atoms with Gasteiger partial charge in [0.2, 0.25) is 0 Å². The number of benzene rings is 2. The zero-order valence-electron chi connectivity index (χ0n) is 18.3. The Bertz CT molecular complexity index is 1270. The summed E-state index contributed by atoms with van der Waals surface area (Å²) in [4.78, 5) is 6.95. The van der Waals surface area contributed by atoms with Gasteiger partial charge in [0.25, 0.3) is 0 Å². The van der Waals surface area contributed by atoms with Crippen molar-refractivity contribution in [3.05, 3.63) is 72.7 Å². The van der Waals surface area contributed by atoms with Gasteiger partial charge in [0.15, 0.2) is 5.65 Å². The molecule has 5 nitrogen and oxygen atoms in total. The number of fused-ring (bicyclic) bond motifs is 1. The van der Waals surface area contributed by atoms with Crippen molar-refractivity contribution >= 4 is 11.3 Å². The molecule has 0 spiro atoms. The van der Waals surface area contributed by atoms with Crippen molar-refractivity contribution in [1.82, 2.24) is 19.9 Å². The third-order valence-electron chi connectivity index (χ3n) is 6.19. The van der Waals surface area contributed by atoms with Crippen LogP contribution in [0.5, 0.6) is 0 Å². The Morgan fingerprint density at radius 3 is 2.33 bits per heavy atom. The average Bonchev–Trinajstić information content (AvgIpc) is 3.22. The standard InChI is InChI=1S/C25H24F3N5/c1-16-11-29-12-17(2)33(16)22-8-6-18(7-9-22)20-13-30-24-23(14-31-32(24)15-20)19-4-3-5-21(10-19)25(26,27)28/h3-10,13-17,29H,11-12H2,1-2H3. The highest BCUT2D eigenvalue weighted by Crippen LogP contribution is 2.33. The Kier molecular flexibility index (Phi) is 5.32. The summed E-state index contributed by atoms with van der Waals surface area (Å²) in [6, 6.07) is 14.4. The van der Waals surface area contributed by atoms with Crippen molar-refractivity contribution in [3.63, 3.8) is 0 Å². The highest BCUT2D eigenvalue weighted by Gasteiger charge is 2.30. The van der Waals surface area contributed by atoms with Gasteiger partial charge < -0.3 is 10.2 Å². The molecule has 1 N–H and O–H groups in total. The van der Waals surface area contributed by atoms with Gasteiger partial charge in [-0.2, -0.15) is 18.3 Å². The van der Waals surface area contributed by atoms with Gasteiger partial charge in [-0.15, -0.1) is 0 Å². The molecule has 0 radical (unpaired) electrons. The van der Waals surface area contributed by atoms with E-state index in [0.29, 0.717) is 28.9 Å². The van der Waals surface area contributed by atoms with Crippen LogP contribution in [0.2, 0.25) is 0 Å². The molecule has 170 valence electrons. The number of halogens is 3. The maximum absolute atomic E-state index is 13.1. The average molecular weight is 451 g/mol. The van der Waals surface area contributed by atoms with Crippen LogP contribution in [0.1, 0.15) is 19.4 Å². The molecular formula is C25H24F3N5. The summed E-state index contributed by atoms with van der Waals surface area (Å²) < 4.78 is 40.9. The molecule has 0 amide bonds. The molecule has 0 saturated carbocycles. The third kappa shape index (κ3) is 4.06. The first-order chi connectivity index (χ1) is 15.8. The van der Waals surface area contributed by atoms with Crippen LogP contribution in [0.3, 0.4) is 0 Å². The fourth-order valence-corrected chi connectivity index (χ4v) is 4.56. The molecule has 2 atom stereocenters. The summed E-state index contributed by atoms with van der Waals surface area (Å²) in [6.45, 7) is 6.35. The second-order valence-corrected chi connectivity index (χ2v) is 8.56. The number of hydrogen-bond donors (Lipinski definition) is 1. The van der Waals surface area contributed by atoms with Gasteiger partial charge >= 0.3 is 6.18 Å². The Hall–Kier alpha value is -3.39. The Morgan fingerprint density at radius 2 is 1.64 bits per heavy atom. The molecule has 8 heteroatoms. The zero-order valence-corrected chi connectivity index (χ0v) is 18.3. The van der Waals surface area contributed by atoms with Gasteiger partial charge in [-0.25, -0.2) is 9.50 Å². The first-order valence-corrected chi connectivity index (χ1v) is 10.9. The van der Waals surface area contributed by atoms with E-state index in [-0.39, 0.29) is 0 Å². The van der Waals surface area contributed by atoms with E-state index >= 15 is 0 Å². The molecule has 3 heterocycles. The summed E-state index contributed by atoms with van der Waals surface area (Å²) in [5, 5.41) is 7.79. The van der Waals surface area contributed by atoms with E-state index in [0.717, 1.165) is 36.3 Å². The van der Waals surface area contributed by atoms with Gasteiger partial charge in [0, 0.05) is 54.4 Å². The fourth-order valence-electron chi connectivity index (χ4n) is 4.56. The number of piperazine rings is 1. The van der Waals surface area contributed by atoms with E-state index < -0.39 is 11.7 Å². The Morgan fingerprint density at radius 1 is 0.909 bits per heavy atom. The van der Waals surface area contributed by atoms with Crippen LogP contribution in [0.4, 0.5) is 18.9 Å². The zero-order chi connectivity index (χ0) is 23.2. The maximum Gasteiger partial charge on any atom is 0.416 e. The lowest BCUT2D eigenvalue weighted by molar-refractivity contribution is -0.137. The SMILES string of the molecule is CC1CNCC(C)N1c1ccc(-c2cnc3c(-c4cccc(C(F)(F)F)c4)cnn3c2)cc1. The minimum absolute atomic E-state index is 0.413. The molecule has 2 unspecified atom stereocenters. The molecule has 1 aliphatic rings. The van der Waals surface area contributed by atoms with Gasteiger partial charge in [-0.3, -0.25) is 0 Å². The molecule has 5 rings (SSSR count). The van der Waals surface area contributed by atoms with E-state index in [2.05, 4.69) is 58.4 Å². The first kappa shape index (κ1) is 21.5. The minimum Gasteiger partial charge on any atom is -0.364 e. The van der Waals surface area contributed by atoms with Crippen LogP contribution in [0, 0.1) is 0 Å². The summed E-state index contributed by atoms with van der Waals surface area (Å²) in [6.07, 6.45) is 0.744. The molecule has 2 aromatic heterocycles. The highest BCUT2D eigenvalue weighted by molar-refractivity contribution is 5.78. The number of hydrogen-bond acceptors (Lipinski definition) is 4. The Balaban J connectivity index is 1.44. The molecule has 1 aliphatic heterocycles. The van der Waals surface area contributed by atoms with E-state index in [1.807, 2.05) is 6.20 Å². The lowest BCUT2D eigenvalue weighted by Gasteiger charge is -2.41. The molecule has 1 saturated heterocycles. The van der Waals surface area contributed by atoms with Crippen molar-refractivity contribution in [1.29, 1.82) is 0 Å².